The van der Waals surface area contributed by atoms with Crippen LogP contribution in [0.4, 0.5) is 4.79 Å². The molecule has 0 unspecified atom stereocenters. The molecule has 1 atom stereocenters. The van der Waals surface area contributed by atoms with Gasteiger partial charge in [0.2, 0.25) is 5.91 Å². The number of hydrogen-bond donors (Lipinski definition) is 1. The lowest BCUT2D eigenvalue weighted by Crippen LogP contribution is -2.50. The van der Waals surface area contributed by atoms with E-state index in [1.54, 1.807) is 28.4 Å². The molecule has 1 aliphatic heterocycles. The summed E-state index contributed by atoms with van der Waals surface area (Å²) in [6.07, 6.45) is 2.53. The fraction of sp³-hybridized carbons (Fsp3) is 0.520. The van der Waals surface area contributed by atoms with Crippen molar-refractivity contribution in [3.63, 3.8) is 0 Å². The Morgan fingerprint density at radius 1 is 1.27 bits per heavy atom. The van der Waals surface area contributed by atoms with E-state index in [4.69, 9.17) is 16.3 Å². The monoisotopic (exact) mass is 491 g/mol. The number of fused-ring (bicyclic) bond motifs is 1. The molecule has 3 rings (SSSR count). The Kier molecular flexibility index (Phi) is 9.44. The highest BCUT2D eigenvalue weighted by Crippen LogP contribution is 2.34. The van der Waals surface area contributed by atoms with Crippen LogP contribution in [0.25, 0.3) is 0 Å². The standard InChI is InChI=1S/C25H34ClN3O3S/c1-4-12-27-25(31)28(13-9-18(2)3)16-24(30)29-14-10-23-21(11-15-33-23)22(29)17-32-20-7-5-19(26)6-8-20/h5-8,11,15,18,22H,4,9-10,12-14,16-17H2,1-3H3,(H,27,31)/t22-/m0/s1. The van der Waals surface area contributed by atoms with Gasteiger partial charge in [-0.05, 0) is 66.5 Å². The maximum Gasteiger partial charge on any atom is 0.317 e. The molecule has 0 spiro atoms. The summed E-state index contributed by atoms with van der Waals surface area (Å²) in [5.41, 5.74) is 1.14. The molecule has 1 aromatic heterocycles. The van der Waals surface area contributed by atoms with Gasteiger partial charge >= 0.3 is 6.03 Å². The zero-order valence-corrected chi connectivity index (χ0v) is 21.3. The summed E-state index contributed by atoms with van der Waals surface area (Å²) in [4.78, 5) is 31.0. The number of carbonyl (C=O) groups is 2. The molecule has 0 saturated carbocycles. The van der Waals surface area contributed by atoms with Gasteiger partial charge in [0.25, 0.3) is 0 Å². The van der Waals surface area contributed by atoms with Crippen LogP contribution in [0.1, 0.15) is 50.1 Å². The van der Waals surface area contributed by atoms with Gasteiger partial charge in [0.05, 0.1) is 6.04 Å². The molecule has 1 N–H and O–H groups in total. The summed E-state index contributed by atoms with van der Waals surface area (Å²) in [6, 6.07) is 8.97. The van der Waals surface area contributed by atoms with Gasteiger partial charge in [-0.3, -0.25) is 4.79 Å². The lowest BCUT2D eigenvalue weighted by atomic mass is 10.0. The Labute approximate surface area is 205 Å². The largest absolute Gasteiger partial charge is 0.491 e. The first kappa shape index (κ1) is 25.4. The van der Waals surface area contributed by atoms with Crippen LogP contribution >= 0.6 is 22.9 Å². The molecule has 2 heterocycles. The van der Waals surface area contributed by atoms with E-state index in [2.05, 4.69) is 30.6 Å². The fourth-order valence-corrected chi connectivity index (χ4v) is 4.90. The number of ether oxygens (including phenoxy) is 1. The van der Waals surface area contributed by atoms with E-state index in [1.165, 1.54) is 4.88 Å². The molecule has 0 radical (unpaired) electrons. The van der Waals surface area contributed by atoms with Crippen molar-refractivity contribution in [2.24, 2.45) is 5.92 Å². The molecule has 0 saturated heterocycles. The first-order valence-electron chi connectivity index (χ1n) is 11.7. The third-order valence-electron chi connectivity index (χ3n) is 5.75. The molecule has 0 bridgehead atoms. The molecule has 1 aromatic carbocycles. The molecule has 6 nitrogen and oxygen atoms in total. The molecule has 33 heavy (non-hydrogen) atoms. The van der Waals surface area contributed by atoms with Crippen LogP contribution in [0.15, 0.2) is 35.7 Å². The fourth-order valence-electron chi connectivity index (χ4n) is 3.84. The van der Waals surface area contributed by atoms with Crippen molar-refractivity contribution >= 4 is 34.9 Å². The van der Waals surface area contributed by atoms with Gasteiger partial charge in [-0.1, -0.05) is 32.4 Å². The summed E-state index contributed by atoms with van der Waals surface area (Å²) in [7, 11) is 0. The minimum absolute atomic E-state index is 0.0491. The normalized spacial score (nSPS) is 15.3. The number of hydrogen-bond acceptors (Lipinski definition) is 4. The van der Waals surface area contributed by atoms with E-state index in [1.807, 2.05) is 24.0 Å². The zero-order valence-electron chi connectivity index (χ0n) is 19.7. The van der Waals surface area contributed by atoms with Crippen LogP contribution in [0.3, 0.4) is 0 Å². The van der Waals surface area contributed by atoms with Crippen LogP contribution in [0.5, 0.6) is 5.75 Å². The number of halogens is 1. The number of nitrogens with one attached hydrogen (secondary N) is 1. The zero-order chi connectivity index (χ0) is 23.8. The summed E-state index contributed by atoms with van der Waals surface area (Å²) in [6.45, 7) is 8.46. The second-order valence-corrected chi connectivity index (χ2v) is 10.2. The average molecular weight is 492 g/mol. The second kappa shape index (κ2) is 12.3. The lowest BCUT2D eigenvalue weighted by Gasteiger charge is -2.37. The van der Waals surface area contributed by atoms with Crippen LogP contribution in [-0.2, 0) is 11.2 Å². The van der Waals surface area contributed by atoms with E-state index in [0.29, 0.717) is 42.9 Å². The van der Waals surface area contributed by atoms with Gasteiger partial charge in [-0.2, -0.15) is 0 Å². The number of carbonyl (C=O) groups excluding carboxylic acids is 2. The maximum absolute atomic E-state index is 13.5. The summed E-state index contributed by atoms with van der Waals surface area (Å²) >= 11 is 7.70. The van der Waals surface area contributed by atoms with Gasteiger partial charge < -0.3 is 19.9 Å². The van der Waals surface area contributed by atoms with Crippen molar-refractivity contribution in [1.82, 2.24) is 15.1 Å². The number of benzene rings is 1. The minimum Gasteiger partial charge on any atom is -0.491 e. The average Bonchev–Trinajstić information content (AvgIpc) is 3.28. The number of nitrogens with zero attached hydrogens (tertiary/aromatic N) is 2. The lowest BCUT2D eigenvalue weighted by molar-refractivity contribution is -0.135. The first-order chi connectivity index (χ1) is 15.9. The van der Waals surface area contributed by atoms with Gasteiger partial charge in [0.15, 0.2) is 0 Å². The van der Waals surface area contributed by atoms with E-state index in [-0.39, 0.29) is 24.5 Å². The predicted molar refractivity (Wildman–Crippen MR) is 134 cm³/mol. The number of rotatable bonds is 10. The van der Waals surface area contributed by atoms with E-state index in [0.717, 1.165) is 24.8 Å². The molecular formula is C25H34ClN3O3S. The highest BCUT2D eigenvalue weighted by atomic mass is 35.5. The van der Waals surface area contributed by atoms with Gasteiger partial charge in [-0.25, -0.2) is 4.79 Å². The summed E-state index contributed by atoms with van der Waals surface area (Å²) < 4.78 is 6.05. The Hall–Kier alpha value is -2.25. The number of thiophene rings is 1. The van der Waals surface area contributed by atoms with Gasteiger partial charge in [0, 0.05) is 29.5 Å². The van der Waals surface area contributed by atoms with E-state index < -0.39 is 0 Å². The van der Waals surface area contributed by atoms with E-state index in [9.17, 15) is 9.59 Å². The topological polar surface area (TPSA) is 61.9 Å². The van der Waals surface area contributed by atoms with E-state index >= 15 is 0 Å². The highest BCUT2D eigenvalue weighted by molar-refractivity contribution is 7.10. The summed E-state index contributed by atoms with van der Waals surface area (Å²) in [5.74, 6) is 1.11. The summed E-state index contributed by atoms with van der Waals surface area (Å²) in [5, 5.41) is 5.64. The van der Waals surface area contributed by atoms with Crippen LogP contribution in [0.2, 0.25) is 5.02 Å². The Balaban J connectivity index is 1.73. The molecule has 1 aliphatic rings. The van der Waals surface area contributed by atoms with Gasteiger partial charge in [0.1, 0.15) is 18.9 Å². The molecule has 8 heteroatoms. The van der Waals surface area contributed by atoms with Crippen molar-refractivity contribution in [2.75, 3.05) is 32.8 Å². The van der Waals surface area contributed by atoms with Crippen molar-refractivity contribution in [1.29, 1.82) is 0 Å². The Bertz CT molecular complexity index is 916. The minimum atomic E-state index is -0.186. The SMILES string of the molecule is CCCNC(=O)N(CCC(C)C)CC(=O)N1CCc2sccc2[C@@H]1COc1ccc(Cl)cc1. The first-order valence-corrected chi connectivity index (χ1v) is 12.9. The quantitative estimate of drug-likeness (QED) is 0.485. The molecular weight excluding hydrogens is 458 g/mol. The Morgan fingerprint density at radius 3 is 2.73 bits per heavy atom. The maximum atomic E-state index is 13.5. The molecule has 0 fully saturated rings. The van der Waals surface area contributed by atoms with Crippen molar-refractivity contribution < 1.29 is 14.3 Å². The van der Waals surface area contributed by atoms with Crippen molar-refractivity contribution in [3.8, 4) is 5.75 Å². The van der Waals surface area contributed by atoms with Crippen LogP contribution in [0, 0.1) is 5.92 Å². The van der Waals surface area contributed by atoms with Gasteiger partial charge in [-0.15, -0.1) is 11.3 Å². The van der Waals surface area contributed by atoms with Crippen LogP contribution in [-0.4, -0.2) is 54.5 Å². The third-order valence-corrected chi connectivity index (χ3v) is 7.00. The van der Waals surface area contributed by atoms with Crippen molar-refractivity contribution in [3.05, 3.63) is 51.2 Å². The molecule has 180 valence electrons. The van der Waals surface area contributed by atoms with Crippen LogP contribution < -0.4 is 10.1 Å². The number of amides is 3. The molecule has 2 aromatic rings. The Morgan fingerprint density at radius 2 is 2.03 bits per heavy atom. The number of urea groups is 1. The van der Waals surface area contributed by atoms with Crippen molar-refractivity contribution in [2.45, 2.75) is 46.1 Å². The second-order valence-electron chi connectivity index (χ2n) is 8.75. The third kappa shape index (κ3) is 7.11. The predicted octanol–water partition coefficient (Wildman–Crippen LogP) is 5.37. The smallest absolute Gasteiger partial charge is 0.317 e. The molecule has 3 amide bonds. The molecule has 0 aliphatic carbocycles. The highest BCUT2D eigenvalue weighted by Gasteiger charge is 2.33.